The number of hydrogen-bond acceptors (Lipinski definition) is 5. The summed E-state index contributed by atoms with van der Waals surface area (Å²) in [5.74, 6) is -0.152. The third-order valence-electron chi connectivity index (χ3n) is 6.83. The van der Waals surface area contributed by atoms with Gasteiger partial charge < -0.3 is 15.5 Å². The van der Waals surface area contributed by atoms with Gasteiger partial charge in [0.2, 0.25) is 11.8 Å². The smallest absolute Gasteiger partial charge is 0.251 e. The summed E-state index contributed by atoms with van der Waals surface area (Å²) in [5, 5.41) is 6.19. The maximum Gasteiger partial charge on any atom is 0.251 e. The van der Waals surface area contributed by atoms with Crippen molar-refractivity contribution in [1.82, 2.24) is 20.1 Å². The van der Waals surface area contributed by atoms with Gasteiger partial charge in [-0.3, -0.25) is 19.3 Å². The Balaban J connectivity index is 0.00000241. The quantitative estimate of drug-likeness (QED) is 0.544. The fourth-order valence-corrected chi connectivity index (χ4v) is 5.17. The van der Waals surface area contributed by atoms with Crippen LogP contribution in [0.2, 0.25) is 5.02 Å². The molecule has 11 heteroatoms. The zero-order valence-electron chi connectivity index (χ0n) is 21.3. The molecule has 3 heterocycles. The van der Waals surface area contributed by atoms with E-state index in [0.717, 1.165) is 43.1 Å². The summed E-state index contributed by atoms with van der Waals surface area (Å²) in [6, 6.07) is 8.85. The fraction of sp³-hybridized carbons (Fsp3) is 0.462. The number of hydrogen-bond donors (Lipinski definition) is 2. The molecule has 0 unspecified atom stereocenters. The van der Waals surface area contributed by atoms with Crippen molar-refractivity contribution in [2.75, 3.05) is 25.5 Å². The molecule has 3 amide bonds. The summed E-state index contributed by atoms with van der Waals surface area (Å²) >= 11 is 6.15. The Labute approximate surface area is 235 Å². The van der Waals surface area contributed by atoms with Gasteiger partial charge >= 0.3 is 0 Å². The molecule has 2 aromatic rings. The topological polar surface area (TPSA) is 94.6 Å². The highest BCUT2D eigenvalue weighted by atomic mass is 35.5. The molecule has 8 nitrogen and oxygen atoms in total. The van der Waals surface area contributed by atoms with E-state index in [9.17, 15) is 14.4 Å². The summed E-state index contributed by atoms with van der Waals surface area (Å²) in [5.41, 5.74) is 3.35. The number of anilines is 1. The van der Waals surface area contributed by atoms with Crippen LogP contribution in [-0.4, -0.2) is 64.7 Å². The van der Waals surface area contributed by atoms with Crippen LogP contribution in [0.25, 0.3) is 0 Å². The van der Waals surface area contributed by atoms with E-state index in [1.54, 1.807) is 31.0 Å². The Morgan fingerprint density at radius 2 is 1.78 bits per heavy atom. The summed E-state index contributed by atoms with van der Waals surface area (Å²) in [6.07, 6.45) is 2.51. The van der Waals surface area contributed by atoms with Gasteiger partial charge in [-0.2, -0.15) is 0 Å². The van der Waals surface area contributed by atoms with Crippen LogP contribution < -0.4 is 10.6 Å². The molecular weight excluding hydrogens is 537 g/mol. The fourth-order valence-electron chi connectivity index (χ4n) is 5.05. The standard InChI is InChI=1S/C26H32ClN5O3.2ClH/c1-16-12-18(4-5-21(16)27)15-31-10-8-20(9-11-31)32-22(6-7-24(32)33)26(35)30-23-14-19(25(34)28-3)13-17(2)29-23;;/h4-5,12-14,20,22H,6-11,15H2,1-3H3,(H,28,34)(H,29,30,35);2*1H/t22-;;/m1../s1. The molecule has 2 fully saturated rings. The zero-order chi connectivity index (χ0) is 25.1. The van der Waals surface area contributed by atoms with Crippen molar-refractivity contribution >= 4 is 60.0 Å². The molecule has 0 radical (unpaired) electrons. The van der Waals surface area contributed by atoms with Crippen LogP contribution in [0.15, 0.2) is 30.3 Å². The molecule has 0 spiro atoms. The number of rotatable bonds is 6. The maximum absolute atomic E-state index is 13.2. The third kappa shape index (κ3) is 7.35. The van der Waals surface area contributed by atoms with Gasteiger partial charge in [0.05, 0.1) is 0 Å². The minimum absolute atomic E-state index is 0. The lowest BCUT2D eigenvalue weighted by Gasteiger charge is -2.39. The Morgan fingerprint density at radius 1 is 1.08 bits per heavy atom. The Kier molecular flexibility index (Phi) is 11.2. The van der Waals surface area contributed by atoms with E-state index >= 15 is 0 Å². The first kappa shape index (κ1) is 30.8. The highest BCUT2D eigenvalue weighted by Gasteiger charge is 2.41. The predicted molar refractivity (Wildman–Crippen MR) is 150 cm³/mol. The van der Waals surface area contributed by atoms with E-state index in [-0.39, 0.29) is 48.6 Å². The largest absolute Gasteiger partial charge is 0.355 e. The number of amides is 3. The molecule has 2 aliphatic rings. The number of aromatic nitrogens is 1. The van der Waals surface area contributed by atoms with Crippen molar-refractivity contribution < 1.29 is 14.4 Å². The minimum atomic E-state index is -0.524. The number of carbonyl (C=O) groups is 3. The summed E-state index contributed by atoms with van der Waals surface area (Å²) in [4.78, 5) is 46.5. The second-order valence-corrected chi connectivity index (χ2v) is 9.80. The molecule has 0 aliphatic carbocycles. The molecule has 0 saturated carbocycles. The number of nitrogens with zero attached hydrogens (tertiary/aromatic N) is 3. The van der Waals surface area contributed by atoms with Crippen LogP contribution in [0, 0.1) is 13.8 Å². The second kappa shape index (κ2) is 13.4. The van der Waals surface area contributed by atoms with Crippen molar-refractivity contribution in [1.29, 1.82) is 0 Å². The monoisotopic (exact) mass is 569 g/mol. The Morgan fingerprint density at radius 3 is 2.43 bits per heavy atom. The van der Waals surface area contributed by atoms with E-state index in [1.807, 2.05) is 13.0 Å². The predicted octanol–water partition coefficient (Wildman–Crippen LogP) is 4.15. The molecular formula is C26H34Cl3N5O3. The molecule has 4 rings (SSSR count). The first-order chi connectivity index (χ1) is 16.7. The molecule has 202 valence electrons. The van der Waals surface area contributed by atoms with Crippen LogP contribution >= 0.6 is 36.4 Å². The van der Waals surface area contributed by atoms with Crippen LogP contribution in [-0.2, 0) is 16.1 Å². The average Bonchev–Trinajstić information content (AvgIpc) is 3.22. The van der Waals surface area contributed by atoms with Crippen molar-refractivity contribution in [3.05, 3.63) is 57.7 Å². The first-order valence-electron chi connectivity index (χ1n) is 12.1. The van der Waals surface area contributed by atoms with E-state index in [1.165, 1.54) is 5.56 Å². The van der Waals surface area contributed by atoms with Crippen molar-refractivity contribution in [3.8, 4) is 0 Å². The van der Waals surface area contributed by atoms with Crippen LogP contribution in [0.3, 0.4) is 0 Å². The van der Waals surface area contributed by atoms with Crippen LogP contribution in [0.4, 0.5) is 5.82 Å². The van der Waals surface area contributed by atoms with Gasteiger partial charge in [-0.15, -0.1) is 24.8 Å². The highest BCUT2D eigenvalue weighted by Crippen LogP contribution is 2.29. The van der Waals surface area contributed by atoms with E-state index in [4.69, 9.17) is 11.6 Å². The van der Waals surface area contributed by atoms with E-state index in [0.29, 0.717) is 29.9 Å². The van der Waals surface area contributed by atoms with Gasteiger partial charge in [-0.05, 0) is 62.4 Å². The van der Waals surface area contributed by atoms with Gasteiger partial charge in [0.1, 0.15) is 11.9 Å². The number of pyridine rings is 1. The highest BCUT2D eigenvalue weighted by molar-refractivity contribution is 6.31. The number of piperidine rings is 1. The number of carbonyl (C=O) groups excluding carboxylic acids is 3. The Hall–Kier alpha value is -2.39. The number of aryl methyl sites for hydroxylation is 2. The van der Waals surface area contributed by atoms with Gasteiger partial charge in [0, 0.05) is 55.4 Å². The van der Waals surface area contributed by atoms with E-state index in [2.05, 4.69) is 32.7 Å². The minimum Gasteiger partial charge on any atom is -0.355 e. The molecule has 2 saturated heterocycles. The van der Waals surface area contributed by atoms with Gasteiger partial charge in [-0.25, -0.2) is 4.98 Å². The Bertz CT molecular complexity index is 1140. The number of likely N-dealkylation sites (tertiary alicyclic amines) is 2. The lowest BCUT2D eigenvalue weighted by molar-refractivity contribution is -0.136. The van der Waals surface area contributed by atoms with E-state index < -0.39 is 6.04 Å². The van der Waals surface area contributed by atoms with Crippen molar-refractivity contribution in [3.63, 3.8) is 0 Å². The number of benzene rings is 1. The van der Waals surface area contributed by atoms with Gasteiger partial charge in [0.25, 0.3) is 5.91 Å². The molecule has 1 aromatic heterocycles. The molecule has 1 atom stereocenters. The molecule has 37 heavy (non-hydrogen) atoms. The van der Waals surface area contributed by atoms with Gasteiger partial charge in [-0.1, -0.05) is 23.7 Å². The average molecular weight is 571 g/mol. The molecule has 1 aromatic carbocycles. The van der Waals surface area contributed by atoms with Crippen molar-refractivity contribution in [2.45, 2.75) is 58.2 Å². The third-order valence-corrected chi connectivity index (χ3v) is 7.26. The zero-order valence-corrected chi connectivity index (χ0v) is 23.6. The van der Waals surface area contributed by atoms with Gasteiger partial charge in [0.15, 0.2) is 0 Å². The van der Waals surface area contributed by atoms with Crippen molar-refractivity contribution in [2.24, 2.45) is 0 Å². The SMILES string of the molecule is CNC(=O)c1cc(C)nc(NC(=O)[C@H]2CCC(=O)N2C2CCN(Cc3ccc(Cl)c(C)c3)CC2)c1.Cl.Cl. The normalized spacial score (nSPS) is 18.1. The lowest BCUT2D eigenvalue weighted by Crippen LogP contribution is -2.51. The molecule has 2 N–H and O–H groups in total. The maximum atomic E-state index is 13.2. The van der Waals surface area contributed by atoms with Crippen LogP contribution in [0.5, 0.6) is 0 Å². The summed E-state index contributed by atoms with van der Waals surface area (Å²) < 4.78 is 0. The number of nitrogens with one attached hydrogen (secondary N) is 2. The molecule has 2 aliphatic heterocycles. The number of halogens is 3. The second-order valence-electron chi connectivity index (χ2n) is 9.40. The first-order valence-corrected chi connectivity index (χ1v) is 12.4. The summed E-state index contributed by atoms with van der Waals surface area (Å²) in [7, 11) is 1.56. The van der Waals surface area contributed by atoms with Crippen LogP contribution in [0.1, 0.15) is 52.9 Å². The lowest BCUT2D eigenvalue weighted by atomic mass is 10.0. The summed E-state index contributed by atoms with van der Waals surface area (Å²) in [6.45, 7) is 6.34. The molecule has 0 bridgehead atoms.